The van der Waals surface area contributed by atoms with Crippen molar-refractivity contribution in [2.75, 3.05) is 27.9 Å². The Morgan fingerprint density at radius 1 is 0.839 bits per heavy atom. The molecule has 0 bridgehead atoms. The van der Waals surface area contributed by atoms with Crippen molar-refractivity contribution in [3.63, 3.8) is 0 Å². The van der Waals surface area contributed by atoms with Crippen molar-refractivity contribution in [3.05, 3.63) is 88.4 Å². The summed E-state index contributed by atoms with van der Waals surface area (Å²) in [7, 11) is 4.81. The van der Waals surface area contributed by atoms with Gasteiger partial charge >= 0.3 is 0 Å². The molecular weight excluding hydrogens is 414 g/mol. The van der Waals surface area contributed by atoms with Crippen molar-refractivity contribution in [2.24, 2.45) is 0 Å². The molecule has 31 heavy (non-hydrogen) atoms. The lowest BCUT2D eigenvalue weighted by Crippen LogP contribution is -2.32. The summed E-state index contributed by atoms with van der Waals surface area (Å²) in [4.78, 5) is 15.2. The molecule has 0 aromatic heterocycles. The molecule has 162 valence electrons. The van der Waals surface area contributed by atoms with Crippen LogP contribution in [0.2, 0.25) is 5.02 Å². The SMILES string of the molecule is COc1cccc(C(=O)N(CCc2ccc(OC)c(OC)c2)Cc2ccc(Cl)cc2)c1. The summed E-state index contributed by atoms with van der Waals surface area (Å²) in [5.74, 6) is 1.94. The number of carbonyl (C=O) groups is 1. The van der Waals surface area contributed by atoms with E-state index >= 15 is 0 Å². The summed E-state index contributed by atoms with van der Waals surface area (Å²) in [5, 5.41) is 0.666. The van der Waals surface area contributed by atoms with Gasteiger partial charge in [0.1, 0.15) is 5.75 Å². The predicted molar refractivity (Wildman–Crippen MR) is 122 cm³/mol. The van der Waals surface area contributed by atoms with Gasteiger partial charge in [0.25, 0.3) is 5.91 Å². The summed E-state index contributed by atoms with van der Waals surface area (Å²) in [5.41, 5.74) is 2.64. The van der Waals surface area contributed by atoms with Crippen LogP contribution in [0.3, 0.4) is 0 Å². The van der Waals surface area contributed by atoms with Crippen LogP contribution in [-0.4, -0.2) is 38.7 Å². The number of halogens is 1. The Balaban J connectivity index is 1.82. The highest BCUT2D eigenvalue weighted by atomic mass is 35.5. The number of rotatable bonds is 9. The van der Waals surface area contributed by atoms with Gasteiger partial charge in [0.2, 0.25) is 0 Å². The van der Waals surface area contributed by atoms with E-state index in [1.807, 2.05) is 59.5 Å². The number of nitrogens with zero attached hydrogens (tertiary/aromatic N) is 1. The molecule has 0 saturated carbocycles. The van der Waals surface area contributed by atoms with E-state index in [0.717, 1.165) is 11.1 Å². The van der Waals surface area contributed by atoms with Crippen molar-refractivity contribution < 1.29 is 19.0 Å². The first kappa shape index (κ1) is 22.5. The maximum absolute atomic E-state index is 13.3. The van der Waals surface area contributed by atoms with Gasteiger partial charge in [-0.05, 0) is 60.0 Å². The third kappa shape index (κ3) is 5.92. The Bertz CT molecular complexity index is 1020. The molecule has 0 atom stereocenters. The van der Waals surface area contributed by atoms with E-state index in [9.17, 15) is 4.79 Å². The molecule has 0 unspecified atom stereocenters. The van der Waals surface area contributed by atoms with Gasteiger partial charge in [0.05, 0.1) is 21.3 Å². The van der Waals surface area contributed by atoms with Gasteiger partial charge in [-0.2, -0.15) is 0 Å². The molecule has 0 aliphatic heterocycles. The highest BCUT2D eigenvalue weighted by Crippen LogP contribution is 2.28. The van der Waals surface area contributed by atoms with Crippen molar-refractivity contribution >= 4 is 17.5 Å². The van der Waals surface area contributed by atoms with Crippen molar-refractivity contribution in [1.29, 1.82) is 0 Å². The van der Waals surface area contributed by atoms with Gasteiger partial charge in [0.15, 0.2) is 11.5 Å². The molecular formula is C25H26ClNO4. The quantitative estimate of drug-likeness (QED) is 0.456. The third-order valence-electron chi connectivity index (χ3n) is 5.01. The lowest BCUT2D eigenvalue weighted by atomic mass is 10.1. The van der Waals surface area contributed by atoms with Crippen LogP contribution in [0.4, 0.5) is 0 Å². The van der Waals surface area contributed by atoms with Gasteiger partial charge in [0, 0.05) is 23.7 Å². The Kier molecular flexibility index (Phi) is 7.79. The lowest BCUT2D eigenvalue weighted by Gasteiger charge is -2.23. The van der Waals surface area contributed by atoms with Crippen LogP contribution >= 0.6 is 11.6 Å². The van der Waals surface area contributed by atoms with E-state index in [1.54, 1.807) is 33.5 Å². The second-order valence-corrected chi connectivity index (χ2v) is 7.46. The maximum atomic E-state index is 13.3. The first-order chi connectivity index (χ1) is 15.0. The Morgan fingerprint density at radius 3 is 2.23 bits per heavy atom. The topological polar surface area (TPSA) is 48.0 Å². The molecule has 0 aliphatic carbocycles. The molecule has 0 N–H and O–H groups in total. The predicted octanol–water partition coefficient (Wildman–Crippen LogP) is 5.25. The maximum Gasteiger partial charge on any atom is 0.254 e. The van der Waals surface area contributed by atoms with E-state index in [2.05, 4.69) is 0 Å². The zero-order valence-electron chi connectivity index (χ0n) is 17.9. The number of hydrogen-bond acceptors (Lipinski definition) is 4. The van der Waals surface area contributed by atoms with Crippen LogP contribution < -0.4 is 14.2 Å². The average molecular weight is 440 g/mol. The van der Waals surface area contributed by atoms with Crippen LogP contribution in [0.15, 0.2) is 66.7 Å². The van der Waals surface area contributed by atoms with Gasteiger partial charge in [-0.3, -0.25) is 4.79 Å². The summed E-state index contributed by atoms with van der Waals surface area (Å²) in [6.45, 7) is 1.01. The number of methoxy groups -OCH3 is 3. The van der Waals surface area contributed by atoms with Crippen LogP contribution in [0, 0.1) is 0 Å². The number of ether oxygens (including phenoxy) is 3. The van der Waals surface area contributed by atoms with Crippen molar-refractivity contribution in [2.45, 2.75) is 13.0 Å². The Labute approximate surface area is 188 Å². The molecule has 3 aromatic rings. The van der Waals surface area contributed by atoms with Crippen molar-refractivity contribution in [1.82, 2.24) is 4.90 Å². The molecule has 1 amide bonds. The van der Waals surface area contributed by atoms with Crippen LogP contribution in [0.5, 0.6) is 17.2 Å². The Hall–Kier alpha value is -3.18. The van der Waals surface area contributed by atoms with Crippen molar-refractivity contribution in [3.8, 4) is 17.2 Å². The van der Waals surface area contributed by atoms with Gasteiger partial charge in [-0.1, -0.05) is 35.9 Å². The van der Waals surface area contributed by atoms with Gasteiger partial charge in [-0.25, -0.2) is 0 Å². The van der Waals surface area contributed by atoms with Crippen LogP contribution in [-0.2, 0) is 13.0 Å². The zero-order chi connectivity index (χ0) is 22.2. The molecule has 6 heteroatoms. The highest BCUT2D eigenvalue weighted by molar-refractivity contribution is 6.30. The minimum Gasteiger partial charge on any atom is -0.497 e. The average Bonchev–Trinajstić information content (AvgIpc) is 2.82. The number of carbonyl (C=O) groups excluding carboxylic acids is 1. The second-order valence-electron chi connectivity index (χ2n) is 7.02. The molecule has 0 heterocycles. The fourth-order valence-electron chi connectivity index (χ4n) is 3.30. The number of amides is 1. The molecule has 0 radical (unpaired) electrons. The minimum absolute atomic E-state index is 0.0608. The first-order valence-electron chi connectivity index (χ1n) is 9.92. The Morgan fingerprint density at radius 2 is 1.55 bits per heavy atom. The summed E-state index contributed by atoms with van der Waals surface area (Å²) in [6.07, 6.45) is 0.670. The van der Waals surface area contributed by atoms with E-state index in [4.69, 9.17) is 25.8 Å². The van der Waals surface area contributed by atoms with E-state index in [0.29, 0.717) is 47.3 Å². The van der Waals surface area contributed by atoms with Crippen LogP contribution in [0.1, 0.15) is 21.5 Å². The molecule has 0 spiro atoms. The number of hydrogen-bond donors (Lipinski definition) is 0. The summed E-state index contributed by atoms with van der Waals surface area (Å²) >= 11 is 6.02. The smallest absolute Gasteiger partial charge is 0.254 e. The standard InChI is InChI=1S/C25H26ClNO4/c1-29-22-6-4-5-20(16-22)25(28)27(17-19-7-10-21(26)11-8-19)14-13-18-9-12-23(30-2)24(15-18)31-3/h4-12,15-16H,13-14,17H2,1-3H3. The molecule has 0 aliphatic rings. The molecule has 3 aromatic carbocycles. The van der Waals surface area contributed by atoms with Gasteiger partial charge < -0.3 is 19.1 Å². The minimum atomic E-state index is -0.0608. The van der Waals surface area contributed by atoms with E-state index in [1.165, 1.54) is 0 Å². The molecule has 3 rings (SSSR count). The fraction of sp³-hybridized carbons (Fsp3) is 0.240. The lowest BCUT2D eigenvalue weighted by molar-refractivity contribution is 0.0744. The second kappa shape index (κ2) is 10.7. The summed E-state index contributed by atoms with van der Waals surface area (Å²) < 4.78 is 16.0. The van der Waals surface area contributed by atoms with E-state index < -0.39 is 0 Å². The molecule has 5 nitrogen and oxygen atoms in total. The molecule has 0 fully saturated rings. The molecule has 0 saturated heterocycles. The van der Waals surface area contributed by atoms with Gasteiger partial charge in [-0.15, -0.1) is 0 Å². The highest BCUT2D eigenvalue weighted by Gasteiger charge is 2.17. The monoisotopic (exact) mass is 439 g/mol. The van der Waals surface area contributed by atoms with E-state index in [-0.39, 0.29) is 5.91 Å². The third-order valence-corrected chi connectivity index (χ3v) is 5.26. The fourth-order valence-corrected chi connectivity index (χ4v) is 3.43. The zero-order valence-corrected chi connectivity index (χ0v) is 18.7. The number of benzene rings is 3. The van der Waals surface area contributed by atoms with Crippen LogP contribution in [0.25, 0.3) is 0 Å². The summed E-state index contributed by atoms with van der Waals surface area (Å²) in [6, 6.07) is 20.5. The first-order valence-corrected chi connectivity index (χ1v) is 10.3. The normalized spacial score (nSPS) is 10.5. The largest absolute Gasteiger partial charge is 0.497 e.